The minimum absolute atomic E-state index is 0.0572. The molecule has 2 aromatic rings. The van der Waals surface area contributed by atoms with Crippen LogP contribution in [0.1, 0.15) is 23.1 Å². The lowest BCUT2D eigenvalue weighted by atomic mass is 10.0. The largest absolute Gasteiger partial charge is 0.385 e. The van der Waals surface area contributed by atoms with E-state index >= 15 is 0 Å². The van der Waals surface area contributed by atoms with Gasteiger partial charge in [-0.1, -0.05) is 12.1 Å². The average Bonchev–Trinajstić information content (AvgIpc) is 2.66. The highest BCUT2D eigenvalue weighted by Crippen LogP contribution is 2.19. The summed E-state index contributed by atoms with van der Waals surface area (Å²) in [6.07, 6.45) is 0.882. The SMILES string of the molecule is COCCCNC(=S)N(CCN(C)C)Cc1cc2ccc(C)c(C)c2[nH]c1=O. The van der Waals surface area contributed by atoms with Crippen molar-refractivity contribution in [2.45, 2.75) is 26.8 Å². The number of nitrogens with zero attached hydrogens (tertiary/aromatic N) is 2. The molecule has 6 nitrogen and oxygen atoms in total. The van der Waals surface area contributed by atoms with E-state index in [1.165, 1.54) is 5.56 Å². The van der Waals surface area contributed by atoms with Crippen LogP contribution in [0.2, 0.25) is 0 Å². The summed E-state index contributed by atoms with van der Waals surface area (Å²) in [6, 6.07) is 6.13. The molecule has 0 saturated carbocycles. The summed E-state index contributed by atoms with van der Waals surface area (Å²) in [6.45, 7) is 7.60. The number of likely N-dealkylation sites (N-methyl/N-ethyl adjacent to an activating group) is 1. The van der Waals surface area contributed by atoms with Gasteiger partial charge in [0.25, 0.3) is 5.56 Å². The first-order valence-electron chi connectivity index (χ1n) is 9.62. The lowest BCUT2D eigenvalue weighted by Gasteiger charge is -2.27. The predicted molar refractivity (Wildman–Crippen MR) is 120 cm³/mol. The molecule has 0 unspecified atom stereocenters. The molecule has 1 aromatic heterocycles. The van der Waals surface area contributed by atoms with Crippen LogP contribution in [0.25, 0.3) is 10.9 Å². The number of thiocarbonyl (C=S) groups is 1. The number of hydrogen-bond acceptors (Lipinski definition) is 4. The lowest BCUT2D eigenvalue weighted by molar-refractivity contribution is 0.195. The van der Waals surface area contributed by atoms with Gasteiger partial charge in [-0.15, -0.1) is 0 Å². The molecule has 0 atom stereocenters. The van der Waals surface area contributed by atoms with E-state index in [4.69, 9.17) is 17.0 Å². The van der Waals surface area contributed by atoms with E-state index in [9.17, 15) is 4.79 Å². The van der Waals surface area contributed by atoms with E-state index in [2.05, 4.69) is 39.2 Å². The van der Waals surface area contributed by atoms with Crippen LogP contribution in [0.5, 0.6) is 0 Å². The molecule has 0 bridgehead atoms. The molecule has 0 aliphatic rings. The van der Waals surface area contributed by atoms with Gasteiger partial charge in [0.05, 0.1) is 12.1 Å². The van der Waals surface area contributed by atoms with Crippen molar-refractivity contribution in [3.05, 3.63) is 45.2 Å². The Labute approximate surface area is 172 Å². The number of aryl methyl sites for hydroxylation is 2. The first-order valence-corrected chi connectivity index (χ1v) is 10.0. The first-order chi connectivity index (χ1) is 13.3. The van der Waals surface area contributed by atoms with Gasteiger partial charge in [0.2, 0.25) is 0 Å². The molecular weight excluding hydrogens is 372 g/mol. The molecule has 7 heteroatoms. The monoisotopic (exact) mass is 404 g/mol. The Balaban J connectivity index is 2.22. The van der Waals surface area contributed by atoms with Crippen LogP contribution in [0.15, 0.2) is 23.0 Å². The maximum absolute atomic E-state index is 12.7. The number of rotatable bonds is 9. The average molecular weight is 405 g/mol. The number of pyridine rings is 1. The quantitative estimate of drug-likeness (QED) is 0.494. The van der Waals surface area contributed by atoms with Crippen LogP contribution in [0, 0.1) is 13.8 Å². The van der Waals surface area contributed by atoms with Gasteiger partial charge in [-0.2, -0.15) is 0 Å². The van der Waals surface area contributed by atoms with Gasteiger partial charge >= 0.3 is 0 Å². The Bertz CT molecular complexity index is 863. The van der Waals surface area contributed by atoms with Gasteiger partial charge in [-0.3, -0.25) is 4.79 Å². The van der Waals surface area contributed by atoms with Crippen molar-refractivity contribution >= 4 is 28.2 Å². The Kier molecular flexibility index (Phi) is 8.41. The molecular formula is C21H32N4O2S. The van der Waals surface area contributed by atoms with Crippen LogP contribution in [-0.4, -0.2) is 67.3 Å². The van der Waals surface area contributed by atoms with Crippen molar-refractivity contribution in [1.29, 1.82) is 0 Å². The van der Waals surface area contributed by atoms with Crippen molar-refractivity contribution in [2.75, 3.05) is 47.4 Å². The normalized spacial score (nSPS) is 11.2. The smallest absolute Gasteiger partial charge is 0.253 e. The molecule has 2 rings (SSSR count). The fourth-order valence-corrected chi connectivity index (χ4v) is 3.25. The second kappa shape index (κ2) is 10.5. The second-order valence-corrected chi connectivity index (χ2v) is 7.79. The Morgan fingerprint density at radius 1 is 1.25 bits per heavy atom. The molecule has 0 aliphatic heterocycles. The first kappa shape index (κ1) is 22.3. The number of benzene rings is 1. The van der Waals surface area contributed by atoms with Crippen LogP contribution in [0.3, 0.4) is 0 Å². The summed E-state index contributed by atoms with van der Waals surface area (Å²) in [5.41, 5.74) is 3.86. The van der Waals surface area contributed by atoms with E-state index in [0.29, 0.717) is 18.3 Å². The maximum atomic E-state index is 12.7. The molecule has 0 aliphatic carbocycles. The summed E-state index contributed by atoms with van der Waals surface area (Å²) in [7, 11) is 5.75. The molecule has 1 heterocycles. The third-order valence-electron chi connectivity index (χ3n) is 4.90. The standard InChI is InChI=1S/C21H32N4O2S/c1-15-7-8-17-13-18(20(26)23-19(17)16(15)2)14-25(11-10-24(3)4)21(28)22-9-6-12-27-5/h7-8,13H,6,9-12,14H2,1-5H3,(H,22,28)(H,23,26). The minimum Gasteiger partial charge on any atom is -0.385 e. The van der Waals surface area contributed by atoms with Gasteiger partial charge in [-0.05, 0) is 69.2 Å². The number of methoxy groups -OCH3 is 1. The summed E-state index contributed by atoms with van der Waals surface area (Å²) in [4.78, 5) is 19.9. The number of hydrogen-bond donors (Lipinski definition) is 2. The van der Waals surface area contributed by atoms with E-state index in [1.54, 1.807) is 7.11 Å². The summed E-state index contributed by atoms with van der Waals surface area (Å²) in [5, 5.41) is 4.99. The van der Waals surface area contributed by atoms with E-state index < -0.39 is 0 Å². The van der Waals surface area contributed by atoms with Crippen molar-refractivity contribution in [3.63, 3.8) is 0 Å². The van der Waals surface area contributed by atoms with Crippen LogP contribution >= 0.6 is 12.2 Å². The lowest BCUT2D eigenvalue weighted by Crippen LogP contribution is -2.43. The predicted octanol–water partition coefficient (Wildman–Crippen LogP) is 2.42. The van der Waals surface area contributed by atoms with Gasteiger partial charge in [0.15, 0.2) is 5.11 Å². The molecule has 0 radical (unpaired) electrons. The molecule has 1 aromatic carbocycles. The van der Waals surface area contributed by atoms with Crippen LogP contribution in [-0.2, 0) is 11.3 Å². The molecule has 0 saturated heterocycles. The fraction of sp³-hybridized carbons (Fsp3) is 0.524. The highest BCUT2D eigenvalue weighted by molar-refractivity contribution is 7.80. The number of aromatic nitrogens is 1. The fourth-order valence-electron chi connectivity index (χ4n) is 2.99. The van der Waals surface area contributed by atoms with Gasteiger partial charge < -0.3 is 24.8 Å². The van der Waals surface area contributed by atoms with Crippen molar-refractivity contribution in [1.82, 2.24) is 20.1 Å². The highest BCUT2D eigenvalue weighted by Gasteiger charge is 2.14. The number of ether oxygens (including phenoxy) is 1. The Morgan fingerprint density at radius 3 is 2.68 bits per heavy atom. The Morgan fingerprint density at radius 2 is 2.00 bits per heavy atom. The van der Waals surface area contributed by atoms with Crippen LogP contribution in [0.4, 0.5) is 0 Å². The minimum atomic E-state index is -0.0572. The van der Waals surface area contributed by atoms with Crippen molar-refractivity contribution < 1.29 is 4.74 Å². The molecule has 0 spiro atoms. The Hall–Kier alpha value is -1.96. The number of fused-ring (bicyclic) bond motifs is 1. The van der Waals surface area contributed by atoms with E-state index in [0.717, 1.165) is 48.1 Å². The second-order valence-electron chi connectivity index (χ2n) is 7.40. The van der Waals surface area contributed by atoms with Crippen LogP contribution < -0.4 is 10.9 Å². The number of H-pyrrole nitrogens is 1. The van der Waals surface area contributed by atoms with Crippen molar-refractivity contribution in [2.24, 2.45) is 0 Å². The number of nitrogens with one attached hydrogen (secondary N) is 2. The zero-order valence-corrected chi connectivity index (χ0v) is 18.4. The summed E-state index contributed by atoms with van der Waals surface area (Å²) < 4.78 is 5.08. The topological polar surface area (TPSA) is 60.6 Å². The van der Waals surface area contributed by atoms with Gasteiger partial charge in [0, 0.05) is 38.9 Å². The van der Waals surface area contributed by atoms with Gasteiger partial charge in [-0.25, -0.2) is 0 Å². The molecule has 0 amide bonds. The number of aromatic amines is 1. The van der Waals surface area contributed by atoms with Crippen molar-refractivity contribution in [3.8, 4) is 0 Å². The summed E-state index contributed by atoms with van der Waals surface area (Å²) in [5.74, 6) is 0. The van der Waals surface area contributed by atoms with E-state index in [1.807, 2.05) is 27.1 Å². The highest BCUT2D eigenvalue weighted by atomic mass is 32.1. The third kappa shape index (κ3) is 6.02. The molecule has 28 heavy (non-hydrogen) atoms. The third-order valence-corrected chi connectivity index (χ3v) is 5.30. The zero-order chi connectivity index (χ0) is 20.7. The zero-order valence-electron chi connectivity index (χ0n) is 17.6. The molecule has 154 valence electrons. The maximum Gasteiger partial charge on any atom is 0.253 e. The summed E-state index contributed by atoms with van der Waals surface area (Å²) >= 11 is 5.60. The van der Waals surface area contributed by atoms with E-state index in [-0.39, 0.29) is 5.56 Å². The molecule has 0 fully saturated rings. The van der Waals surface area contributed by atoms with Gasteiger partial charge in [0.1, 0.15) is 0 Å². The molecule has 2 N–H and O–H groups in total.